The van der Waals surface area contributed by atoms with E-state index in [2.05, 4.69) is 19.2 Å². The highest BCUT2D eigenvalue weighted by Crippen LogP contribution is 2.16. The Morgan fingerprint density at radius 1 is 1.41 bits per heavy atom. The molecule has 0 radical (unpaired) electrons. The second-order valence-electron chi connectivity index (χ2n) is 4.83. The topological polar surface area (TPSA) is 37.3 Å². The number of rotatable bonds is 1. The molecule has 0 saturated carbocycles. The Bertz CT molecular complexity index is 419. The molecule has 94 valence electrons. The van der Waals surface area contributed by atoms with Crippen molar-refractivity contribution < 1.29 is 4.79 Å². The monoisotopic (exact) mass is 255 g/mol. The van der Waals surface area contributed by atoms with E-state index in [1.165, 1.54) is 0 Å². The number of piperazine rings is 1. The number of carbonyl (C=O) groups excluding carboxylic acids is 1. The summed E-state index contributed by atoms with van der Waals surface area (Å²) in [5, 5.41) is 4.01. The molecule has 4 nitrogen and oxygen atoms in total. The Morgan fingerprint density at radius 2 is 2.00 bits per heavy atom. The van der Waals surface area contributed by atoms with Gasteiger partial charge in [0.05, 0.1) is 5.02 Å². The molecule has 1 saturated heterocycles. The van der Waals surface area contributed by atoms with Gasteiger partial charge in [-0.3, -0.25) is 4.79 Å². The average Bonchev–Trinajstić information content (AvgIpc) is 2.55. The van der Waals surface area contributed by atoms with Gasteiger partial charge in [-0.05, 0) is 19.9 Å². The quantitative estimate of drug-likeness (QED) is 0.826. The molecular formula is C12H18ClN3O. The first kappa shape index (κ1) is 12.5. The smallest absolute Gasteiger partial charge is 0.270 e. The highest BCUT2D eigenvalue weighted by molar-refractivity contribution is 6.31. The van der Waals surface area contributed by atoms with Crippen molar-refractivity contribution in [2.75, 3.05) is 13.1 Å². The first-order valence-corrected chi connectivity index (χ1v) is 6.22. The third-order valence-electron chi connectivity index (χ3n) is 3.04. The van der Waals surface area contributed by atoms with Crippen LogP contribution in [-0.4, -0.2) is 40.5 Å². The van der Waals surface area contributed by atoms with E-state index >= 15 is 0 Å². The molecule has 0 aromatic carbocycles. The molecule has 17 heavy (non-hydrogen) atoms. The molecule has 0 spiro atoms. The SMILES string of the molecule is CC1CN(C(=O)c2cc(Cl)cn2C)CC(C)N1. The molecule has 2 unspecified atom stereocenters. The average molecular weight is 256 g/mol. The summed E-state index contributed by atoms with van der Waals surface area (Å²) in [4.78, 5) is 14.2. The van der Waals surface area contributed by atoms with Crippen LogP contribution in [0.3, 0.4) is 0 Å². The van der Waals surface area contributed by atoms with Crippen molar-refractivity contribution in [3.8, 4) is 0 Å². The maximum Gasteiger partial charge on any atom is 0.270 e. The van der Waals surface area contributed by atoms with Crippen LogP contribution in [0.1, 0.15) is 24.3 Å². The molecule has 1 N–H and O–H groups in total. The summed E-state index contributed by atoms with van der Waals surface area (Å²) in [6.45, 7) is 5.67. The highest BCUT2D eigenvalue weighted by atomic mass is 35.5. The molecule has 2 atom stereocenters. The molecule has 0 aliphatic carbocycles. The van der Waals surface area contributed by atoms with E-state index < -0.39 is 0 Å². The standard InChI is InChI=1S/C12H18ClN3O/c1-8-5-16(6-9(2)14-8)12(17)11-4-10(13)7-15(11)3/h4,7-9,14H,5-6H2,1-3H3. The Morgan fingerprint density at radius 3 is 2.47 bits per heavy atom. The maximum absolute atomic E-state index is 12.3. The number of carbonyl (C=O) groups is 1. The van der Waals surface area contributed by atoms with Crippen molar-refractivity contribution in [2.24, 2.45) is 7.05 Å². The van der Waals surface area contributed by atoms with E-state index in [1.807, 2.05) is 11.9 Å². The van der Waals surface area contributed by atoms with Gasteiger partial charge in [0.2, 0.25) is 0 Å². The Hall–Kier alpha value is -1.00. The number of halogens is 1. The third kappa shape index (κ3) is 2.64. The lowest BCUT2D eigenvalue weighted by molar-refractivity contribution is 0.0664. The summed E-state index contributed by atoms with van der Waals surface area (Å²) in [5.41, 5.74) is 0.649. The zero-order chi connectivity index (χ0) is 12.6. The number of hydrogen-bond donors (Lipinski definition) is 1. The number of nitrogens with zero attached hydrogens (tertiary/aromatic N) is 2. The fraction of sp³-hybridized carbons (Fsp3) is 0.583. The van der Waals surface area contributed by atoms with E-state index in [9.17, 15) is 4.79 Å². The second-order valence-corrected chi connectivity index (χ2v) is 5.27. The van der Waals surface area contributed by atoms with Gasteiger partial charge in [0.25, 0.3) is 5.91 Å². The van der Waals surface area contributed by atoms with E-state index in [-0.39, 0.29) is 5.91 Å². The minimum absolute atomic E-state index is 0.0552. The van der Waals surface area contributed by atoms with Crippen molar-refractivity contribution in [1.29, 1.82) is 0 Å². The van der Waals surface area contributed by atoms with Gasteiger partial charge in [-0.2, -0.15) is 0 Å². The Balaban J connectivity index is 2.17. The molecule has 1 aliphatic rings. The minimum Gasteiger partial charge on any atom is -0.345 e. The summed E-state index contributed by atoms with van der Waals surface area (Å²) in [6, 6.07) is 2.39. The number of aryl methyl sites for hydroxylation is 1. The third-order valence-corrected chi connectivity index (χ3v) is 3.24. The fourth-order valence-electron chi connectivity index (χ4n) is 2.39. The summed E-state index contributed by atoms with van der Waals surface area (Å²) >= 11 is 5.90. The van der Waals surface area contributed by atoms with Gasteiger partial charge in [0.15, 0.2) is 0 Å². The van der Waals surface area contributed by atoms with Crippen LogP contribution in [0.15, 0.2) is 12.3 Å². The van der Waals surface area contributed by atoms with Crippen molar-refractivity contribution in [2.45, 2.75) is 25.9 Å². The van der Waals surface area contributed by atoms with Crippen LogP contribution in [0.25, 0.3) is 0 Å². The Kier molecular flexibility index (Phi) is 3.45. The molecule has 1 amide bonds. The molecular weight excluding hydrogens is 238 g/mol. The predicted octanol–water partition coefficient (Wildman–Crippen LogP) is 1.50. The first-order chi connectivity index (χ1) is 7.97. The molecule has 1 fully saturated rings. The molecule has 2 heterocycles. The van der Waals surface area contributed by atoms with E-state index in [4.69, 9.17) is 11.6 Å². The second kappa shape index (κ2) is 4.70. The molecule has 1 aliphatic heterocycles. The zero-order valence-electron chi connectivity index (χ0n) is 10.4. The van der Waals surface area contributed by atoms with E-state index in [0.717, 1.165) is 13.1 Å². The molecule has 2 rings (SSSR count). The van der Waals surface area contributed by atoms with Crippen LogP contribution < -0.4 is 5.32 Å². The van der Waals surface area contributed by atoms with Crippen LogP contribution in [0, 0.1) is 0 Å². The van der Waals surface area contributed by atoms with Crippen LogP contribution in [0.4, 0.5) is 0 Å². The number of amides is 1. The molecule has 1 aromatic heterocycles. The molecule has 0 bridgehead atoms. The predicted molar refractivity (Wildman–Crippen MR) is 68.4 cm³/mol. The number of nitrogens with one attached hydrogen (secondary N) is 1. The molecule has 5 heteroatoms. The van der Waals surface area contributed by atoms with Gasteiger partial charge in [-0.25, -0.2) is 0 Å². The summed E-state index contributed by atoms with van der Waals surface area (Å²) < 4.78 is 1.78. The summed E-state index contributed by atoms with van der Waals surface area (Å²) in [5.74, 6) is 0.0552. The fourth-order valence-corrected chi connectivity index (χ4v) is 2.64. The highest BCUT2D eigenvalue weighted by Gasteiger charge is 2.26. The number of aromatic nitrogens is 1. The van der Waals surface area contributed by atoms with Crippen LogP contribution in [0.2, 0.25) is 5.02 Å². The summed E-state index contributed by atoms with van der Waals surface area (Å²) in [6.07, 6.45) is 1.75. The lowest BCUT2D eigenvalue weighted by Gasteiger charge is -2.36. The van der Waals surface area contributed by atoms with Gasteiger partial charge in [0.1, 0.15) is 5.69 Å². The van der Waals surface area contributed by atoms with Crippen molar-refractivity contribution >= 4 is 17.5 Å². The van der Waals surface area contributed by atoms with Crippen molar-refractivity contribution in [1.82, 2.24) is 14.8 Å². The lowest BCUT2D eigenvalue weighted by atomic mass is 10.1. The lowest BCUT2D eigenvalue weighted by Crippen LogP contribution is -2.56. The van der Waals surface area contributed by atoms with Crippen LogP contribution >= 0.6 is 11.6 Å². The van der Waals surface area contributed by atoms with Gasteiger partial charge < -0.3 is 14.8 Å². The first-order valence-electron chi connectivity index (χ1n) is 5.84. The normalized spacial score (nSPS) is 25.1. The van der Waals surface area contributed by atoms with E-state index in [1.54, 1.807) is 16.8 Å². The van der Waals surface area contributed by atoms with Crippen molar-refractivity contribution in [3.63, 3.8) is 0 Å². The van der Waals surface area contributed by atoms with E-state index in [0.29, 0.717) is 22.8 Å². The van der Waals surface area contributed by atoms with Crippen molar-refractivity contribution in [3.05, 3.63) is 23.0 Å². The van der Waals surface area contributed by atoms with Gasteiger partial charge in [-0.1, -0.05) is 11.6 Å². The summed E-state index contributed by atoms with van der Waals surface area (Å²) in [7, 11) is 1.84. The van der Waals surface area contributed by atoms with Gasteiger partial charge >= 0.3 is 0 Å². The minimum atomic E-state index is 0.0552. The Labute approximate surface area is 107 Å². The largest absolute Gasteiger partial charge is 0.345 e. The maximum atomic E-state index is 12.3. The van der Waals surface area contributed by atoms with Crippen LogP contribution in [0.5, 0.6) is 0 Å². The zero-order valence-corrected chi connectivity index (χ0v) is 11.2. The van der Waals surface area contributed by atoms with Crippen LogP contribution in [-0.2, 0) is 7.05 Å². The van der Waals surface area contributed by atoms with Gasteiger partial charge in [-0.15, -0.1) is 0 Å². The molecule has 1 aromatic rings. The van der Waals surface area contributed by atoms with Gasteiger partial charge in [0, 0.05) is 38.4 Å². The number of hydrogen-bond acceptors (Lipinski definition) is 2.